The Hall–Kier alpha value is -1.84. The summed E-state index contributed by atoms with van der Waals surface area (Å²) in [6.07, 6.45) is 3.46. The van der Waals surface area contributed by atoms with Crippen LogP contribution in [0, 0.1) is 20.8 Å². The summed E-state index contributed by atoms with van der Waals surface area (Å²) < 4.78 is 1.96. The lowest BCUT2D eigenvalue weighted by molar-refractivity contribution is 0.948. The summed E-state index contributed by atoms with van der Waals surface area (Å²) in [6.45, 7) is 5.98. The molecule has 0 saturated heterocycles. The lowest BCUT2D eigenvalue weighted by Gasteiger charge is -2.06. The third-order valence-corrected chi connectivity index (χ3v) is 2.64. The number of aryl methyl sites for hydroxylation is 2. The summed E-state index contributed by atoms with van der Waals surface area (Å²) in [5.74, 6) is 0.861. The van der Waals surface area contributed by atoms with Crippen LogP contribution in [0.2, 0.25) is 0 Å². The van der Waals surface area contributed by atoms with E-state index in [-0.39, 0.29) is 0 Å². The van der Waals surface area contributed by atoms with E-state index in [1.54, 1.807) is 12.5 Å². The molecule has 4 heteroatoms. The summed E-state index contributed by atoms with van der Waals surface area (Å²) in [4.78, 5) is 8.52. The molecule has 0 aliphatic heterocycles. The number of anilines is 1. The average Bonchev–Trinajstić information content (AvgIpc) is 2.53. The zero-order chi connectivity index (χ0) is 11.0. The predicted octanol–water partition coefficient (Wildman–Crippen LogP) is 1.77. The van der Waals surface area contributed by atoms with Gasteiger partial charge in [-0.3, -0.25) is 4.57 Å². The van der Waals surface area contributed by atoms with Crippen LogP contribution in [-0.2, 0) is 0 Å². The average molecular weight is 202 g/mol. The van der Waals surface area contributed by atoms with Crippen LogP contribution in [0.3, 0.4) is 0 Å². The highest BCUT2D eigenvalue weighted by Crippen LogP contribution is 2.15. The Balaban J connectivity index is 2.55. The van der Waals surface area contributed by atoms with Crippen molar-refractivity contribution >= 4 is 5.69 Å². The Morgan fingerprint density at radius 1 is 1.20 bits per heavy atom. The lowest BCUT2D eigenvalue weighted by Crippen LogP contribution is -2.01. The molecule has 0 aromatic carbocycles. The lowest BCUT2D eigenvalue weighted by atomic mass is 10.2. The van der Waals surface area contributed by atoms with Gasteiger partial charge in [-0.05, 0) is 32.4 Å². The molecule has 78 valence electrons. The van der Waals surface area contributed by atoms with Crippen LogP contribution in [0.25, 0.3) is 5.82 Å². The number of pyridine rings is 1. The van der Waals surface area contributed by atoms with Gasteiger partial charge in [-0.1, -0.05) is 0 Å². The Morgan fingerprint density at radius 3 is 2.47 bits per heavy atom. The molecule has 0 aliphatic rings. The normalized spacial score (nSPS) is 10.6. The van der Waals surface area contributed by atoms with E-state index in [2.05, 4.69) is 9.97 Å². The van der Waals surface area contributed by atoms with Crippen molar-refractivity contribution < 1.29 is 0 Å². The molecule has 15 heavy (non-hydrogen) atoms. The second-order valence-corrected chi connectivity index (χ2v) is 3.68. The standard InChI is InChI=1S/C11H14N4/c1-7-4-11(13-5-10(7)12)15-6-14-8(2)9(15)3/h4-6H,12H2,1-3H3. The van der Waals surface area contributed by atoms with Crippen LogP contribution in [0.5, 0.6) is 0 Å². The molecule has 0 fully saturated rings. The first-order valence-electron chi connectivity index (χ1n) is 4.82. The van der Waals surface area contributed by atoms with Gasteiger partial charge >= 0.3 is 0 Å². The fourth-order valence-corrected chi connectivity index (χ4v) is 1.41. The first-order chi connectivity index (χ1) is 7.09. The number of hydrogen-bond donors (Lipinski definition) is 1. The number of nitrogens with two attached hydrogens (primary N) is 1. The third-order valence-electron chi connectivity index (χ3n) is 2.64. The predicted molar refractivity (Wildman–Crippen MR) is 60.0 cm³/mol. The molecule has 0 unspecified atom stereocenters. The number of nitrogen functional groups attached to an aromatic ring is 1. The van der Waals surface area contributed by atoms with Crippen molar-refractivity contribution in [1.82, 2.24) is 14.5 Å². The molecule has 4 nitrogen and oxygen atoms in total. The van der Waals surface area contributed by atoms with E-state index in [4.69, 9.17) is 5.73 Å². The summed E-state index contributed by atoms with van der Waals surface area (Å²) >= 11 is 0. The number of aromatic nitrogens is 3. The Morgan fingerprint density at radius 2 is 1.93 bits per heavy atom. The number of rotatable bonds is 1. The molecule has 0 atom stereocenters. The maximum atomic E-state index is 5.72. The van der Waals surface area contributed by atoms with Gasteiger partial charge < -0.3 is 5.73 Å². The fraction of sp³-hybridized carbons (Fsp3) is 0.273. The Bertz CT molecular complexity index is 499. The largest absolute Gasteiger partial charge is 0.397 e. The summed E-state index contributed by atoms with van der Waals surface area (Å²) in [6, 6.07) is 1.96. The van der Waals surface area contributed by atoms with Gasteiger partial charge in [0.2, 0.25) is 0 Å². The highest BCUT2D eigenvalue weighted by molar-refractivity contribution is 5.47. The summed E-state index contributed by atoms with van der Waals surface area (Å²) in [5, 5.41) is 0. The summed E-state index contributed by atoms with van der Waals surface area (Å²) in [5.41, 5.74) is 9.59. The smallest absolute Gasteiger partial charge is 0.138 e. The van der Waals surface area contributed by atoms with E-state index in [0.29, 0.717) is 5.69 Å². The second-order valence-electron chi connectivity index (χ2n) is 3.68. The van der Waals surface area contributed by atoms with Gasteiger partial charge in [0.25, 0.3) is 0 Å². The van der Waals surface area contributed by atoms with Crippen molar-refractivity contribution in [2.75, 3.05) is 5.73 Å². The van der Waals surface area contributed by atoms with Crippen molar-refractivity contribution in [1.29, 1.82) is 0 Å². The number of imidazole rings is 1. The Kier molecular flexibility index (Phi) is 2.19. The molecule has 2 aromatic heterocycles. The minimum absolute atomic E-state index is 0.716. The molecule has 0 radical (unpaired) electrons. The van der Waals surface area contributed by atoms with Gasteiger partial charge in [-0.2, -0.15) is 0 Å². The highest BCUT2D eigenvalue weighted by Gasteiger charge is 2.06. The van der Waals surface area contributed by atoms with Crippen molar-refractivity contribution in [2.45, 2.75) is 20.8 Å². The van der Waals surface area contributed by atoms with Crippen LogP contribution in [0.15, 0.2) is 18.6 Å². The van der Waals surface area contributed by atoms with Gasteiger partial charge in [0, 0.05) is 5.69 Å². The van der Waals surface area contributed by atoms with Crippen LogP contribution < -0.4 is 5.73 Å². The molecule has 0 amide bonds. The van der Waals surface area contributed by atoms with E-state index in [0.717, 1.165) is 22.8 Å². The monoisotopic (exact) mass is 202 g/mol. The van der Waals surface area contributed by atoms with Crippen molar-refractivity contribution in [3.63, 3.8) is 0 Å². The van der Waals surface area contributed by atoms with Crippen LogP contribution in [-0.4, -0.2) is 14.5 Å². The highest BCUT2D eigenvalue weighted by atomic mass is 15.1. The van der Waals surface area contributed by atoms with E-state index >= 15 is 0 Å². The zero-order valence-electron chi connectivity index (χ0n) is 9.15. The van der Waals surface area contributed by atoms with E-state index < -0.39 is 0 Å². The zero-order valence-corrected chi connectivity index (χ0v) is 9.15. The molecule has 2 aromatic rings. The molecule has 0 bridgehead atoms. The fourth-order valence-electron chi connectivity index (χ4n) is 1.41. The van der Waals surface area contributed by atoms with Crippen molar-refractivity contribution in [3.05, 3.63) is 35.5 Å². The second kappa shape index (κ2) is 3.38. The molecular weight excluding hydrogens is 188 g/mol. The van der Waals surface area contributed by atoms with Crippen LogP contribution in [0.1, 0.15) is 17.0 Å². The number of nitrogens with zero attached hydrogens (tertiary/aromatic N) is 3. The SMILES string of the molecule is Cc1cc(-n2cnc(C)c2C)ncc1N. The maximum Gasteiger partial charge on any atom is 0.138 e. The molecule has 2 heterocycles. The first kappa shape index (κ1) is 9.71. The topological polar surface area (TPSA) is 56.7 Å². The van der Waals surface area contributed by atoms with E-state index in [1.165, 1.54) is 0 Å². The minimum atomic E-state index is 0.716. The molecule has 0 spiro atoms. The van der Waals surface area contributed by atoms with Crippen LogP contribution in [0.4, 0.5) is 5.69 Å². The van der Waals surface area contributed by atoms with Gasteiger partial charge in [-0.25, -0.2) is 9.97 Å². The third kappa shape index (κ3) is 1.58. The first-order valence-corrected chi connectivity index (χ1v) is 4.82. The van der Waals surface area contributed by atoms with E-state index in [9.17, 15) is 0 Å². The molecule has 0 aliphatic carbocycles. The molecule has 2 N–H and O–H groups in total. The molecular formula is C11H14N4. The maximum absolute atomic E-state index is 5.72. The number of hydrogen-bond acceptors (Lipinski definition) is 3. The van der Waals surface area contributed by atoms with Gasteiger partial charge in [-0.15, -0.1) is 0 Å². The molecule has 0 saturated carbocycles. The van der Waals surface area contributed by atoms with Crippen LogP contribution >= 0.6 is 0 Å². The van der Waals surface area contributed by atoms with Crippen molar-refractivity contribution in [3.8, 4) is 5.82 Å². The van der Waals surface area contributed by atoms with Gasteiger partial charge in [0.1, 0.15) is 12.1 Å². The summed E-state index contributed by atoms with van der Waals surface area (Å²) in [7, 11) is 0. The minimum Gasteiger partial charge on any atom is -0.397 e. The molecule has 2 rings (SSSR count). The quantitative estimate of drug-likeness (QED) is 0.766. The van der Waals surface area contributed by atoms with E-state index in [1.807, 2.05) is 31.4 Å². The van der Waals surface area contributed by atoms with Crippen molar-refractivity contribution in [2.24, 2.45) is 0 Å². The Labute approximate surface area is 88.8 Å². The van der Waals surface area contributed by atoms with Gasteiger partial charge in [0.05, 0.1) is 17.6 Å². The van der Waals surface area contributed by atoms with Gasteiger partial charge in [0.15, 0.2) is 0 Å².